The molecule has 3 amide bonds. The Morgan fingerprint density at radius 3 is 2.00 bits per heavy atom. The molecule has 0 aliphatic carbocycles. The molecule has 0 aromatic heterocycles. The van der Waals surface area contributed by atoms with Crippen LogP contribution in [0.15, 0.2) is 42.5 Å². The fourth-order valence-electron chi connectivity index (χ4n) is 5.15. The summed E-state index contributed by atoms with van der Waals surface area (Å²) in [4.78, 5) is 28.1. The quantitative estimate of drug-likeness (QED) is 0.469. The molecule has 37 heavy (non-hydrogen) atoms. The van der Waals surface area contributed by atoms with E-state index in [1.54, 1.807) is 11.0 Å². The number of halogens is 7. The molecule has 5 nitrogen and oxygen atoms in total. The third-order valence-corrected chi connectivity index (χ3v) is 7.52. The maximum Gasteiger partial charge on any atom is 0.431 e. The van der Waals surface area contributed by atoms with Crippen LogP contribution in [-0.2, 0) is 4.79 Å². The van der Waals surface area contributed by atoms with Crippen LogP contribution in [0.1, 0.15) is 32.1 Å². The van der Waals surface area contributed by atoms with Gasteiger partial charge in [0, 0.05) is 44.4 Å². The van der Waals surface area contributed by atoms with Gasteiger partial charge in [-0.25, -0.2) is 9.18 Å². The van der Waals surface area contributed by atoms with Gasteiger partial charge in [-0.1, -0.05) is 36.4 Å². The van der Waals surface area contributed by atoms with Gasteiger partial charge in [-0.05, 0) is 36.1 Å². The molecule has 1 spiro atoms. The number of anilines is 1. The number of carbonyl (C=O) groups excluding carboxylic acids is 2. The number of carbonyl (C=O) groups is 2. The van der Waals surface area contributed by atoms with Crippen molar-refractivity contribution in [2.24, 2.45) is 5.41 Å². The first-order valence-corrected chi connectivity index (χ1v) is 11.9. The second kappa shape index (κ2) is 9.68. The third-order valence-electron chi connectivity index (χ3n) is 7.52. The van der Waals surface area contributed by atoms with E-state index in [4.69, 9.17) is 0 Å². The summed E-state index contributed by atoms with van der Waals surface area (Å²) in [5.41, 5.74) is -5.15. The van der Waals surface area contributed by atoms with Crippen LogP contribution in [0.5, 0.6) is 0 Å². The number of nitrogens with zero attached hydrogens (tertiary/aromatic N) is 2. The number of alkyl halides is 7. The van der Waals surface area contributed by atoms with Crippen LogP contribution in [0.2, 0.25) is 0 Å². The van der Waals surface area contributed by atoms with Crippen molar-refractivity contribution < 1.29 is 40.3 Å². The van der Waals surface area contributed by atoms with Crippen LogP contribution in [0, 0.1) is 5.41 Å². The molecule has 2 saturated heterocycles. The fourth-order valence-corrected chi connectivity index (χ4v) is 5.15. The number of hydrogen-bond acceptors (Lipinski definition) is 2. The predicted molar refractivity (Wildman–Crippen MR) is 123 cm³/mol. The minimum Gasteiger partial charge on any atom is -0.342 e. The highest BCUT2D eigenvalue weighted by Crippen LogP contribution is 2.49. The largest absolute Gasteiger partial charge is 0.431 e. The van der Waals surface area contributed by atoms with Gasteiger partial charge in [-0.3, -0.25) is 4.79 Å². The minimum atomic E-state index is -6.17. The second-order valence-corrected chi connectivity index (χ2v) is 9.81. The Balaban J connectivity index is 1.31. The Kier molecular flexibility index (Phi) is 7.06. The minimum absolute atomic E-state index is 0.155. The molecule has 0 atom stereocenters. The van der Waals surface area contributed by atoms with Crippen LogP contribution in [0.3, 0.4) is 0 Å². The summed E-state index contributed by atoms with van der Waals surface area (Å²) in [7, 11) is 0. The van der Waals surface area contributed by atoms with E-state index in [0.29, 0.717) is 38.0 Å². The number of hydrogen-bond donors (Lipinski definition) is 1. The number of benzene rings is 2. The lowest BCUT2D eigenvalue weighted by Crippen LogP contribution is -2.53. The first-order chi connectivity index (χ1) is 17.2. The summed E-state index contributed by atoms with van der Waals surface area (Å²) < 4.78 is 90.5. The molecule has 2 heterocycles. The summed E-state index contributed by atoms with van der Waals surface area (Å²) in [6.45, 7) is 1.09. The monoisotopic (exact) mass is 533 g/mol. The van der Waals surface area contributed by atoms with E-state index in [9.17, 15) is 40.3 Å². The van der Waals surface area contributed by atoms with E-state index >= 15 is 0 Å². The molecule has 0 bridgehead atoms. The molecular weight excluding hydrogens is 507 g/mol. The van der Waals surface area contributed by atoms with Gasteiger partial charge < -0.3 is 15.1 Å². The van der Waals surface area contributed by atoms with Crippen molar-refractivity contribution in [2.45, 2.75) is 50.1 Å². The highest BCUT2D eigenvalue weighted by atomic mass is 19.4. The molecule has 0 unspecified atom stereocenters. The fraction of sp³-hybridized carbons (Fsp3) is 0.520. The van der Waals surface area contributed by atoms with Crippen molar-refractivity contribution in [3.05, 3.63) is 42.5 Å². The maximum absolute atomic E-state index is 13.9. The third kappa shape index (κ3) is 5.33. The van der Waals surface area contributed by atoms with Crippen LogP contribution >= 0.6 is 0 Å². The number of piperidine rings is 1. The van der Waals surface area contributed by atoms with Gasteiger partial charge in [0.15, 0.2) is 0 Å². The molecule has 2 aliphatic rings. The lowest BCUT2D eigenvalue weighted by molar-refractivity contribution is -0.343. The van der Waals surface area contributed by atoms with Crippen molar-refractivity contribution in [2.75, 3.05) is 31.5 Å². The normalized spacial score (nSPS) is 18.5. The lowest BCUT2D eigenvalue weighted by Gasteiger charge is -2.39. The number of rotatable bonds is 4. The Labute approximate surface area is 208 Å². The van der Waals surface area contributed by atoms with Crippen LogP contribution < -0.4 is 5.32 Å². The Bertz CT molecular complexity index is 1140. The van der Waals surface area contributed by atoms with E-state index in [1.807, 2.05) is 36.4 Å². The average molecular weight is 533 g/mol. The van der Waals surface area contributed by atoms with Crippen LogP contribution in [-0.4, -0.2) is 65.9 Å². The van der Waals surface area contributed by atoms with Gasteiger partial charge >= 0.3 is 18.4 Å². The van der Waals surface area contributed by atoms with Gasteiger partial charge in [0.25, 0.3) is 5.67 Å². The van der Waals surface area contributed by atoms with E-state index in [2.05, 4.69) is 5.32 Å². The van der Waals surface area contributed by atoms with Crippen molar-refractivity contribution in [3.63, 3.8) is 0 Å². The van der Waals surface area contributed by atoms with Gasteiger partial charge in [0.1, 0.15) is 0 Å². The topological polar surface area (TPSA) is 52.7 Å². The standard InChI is InChI=1S/C25H26F7N3O2/c26-23(24(27,28)29,25(30,31)32)9-8-20(36)35-15-12-22(16-35)10-13-34(14-11-22)21(37)33-19-7-3-5-17-4-1-2-6-18(17)19/h1-7H,8-16H2,(H,33,37). The summed E-state index contributed by atoms with van der Waals surface area (Å²) >= 11 is 0. The molecule has 1 N–H and O–H groups in total. The molecule has 2 aliphatic heterocycles. The molecule has 202 valence electrons. The zero-order valence-corrected chi connectivity index (χ0v) is 19.8. The molecule has 12 heteroatoms. The van der Waals surface area contributed by atoms with E-state index in [1.165, 1.54) is 4.90 Å². The highest BCUT2D eigenvalue weighted by molar-refractivity contribution is 6.01. The molecular formula is C25H26F7N3O2. The molecule has 2 fully saturated rings. The number of urea groups is 1. The smallest absolute Gasteiger partial charge is 0.342 e. The second-order valence-electron chi connectivity index (χ2n) is 9.81. The van der Waals surface area contributed by atoms with Crippen molar-refractivity contribution in [1.29, 1.82) is 0 Å². The SMILES string of the molecule is O=C(CCC(F)(C(F)(F)F)C(F)(F)F)N1CCC2(CCN(C(=O)Nc3cccc4ccccc34)CC2)C1. The lowest BCUT2D eigenvalue weighted by atomic mass is 9.78. The Morgan fingerprint density at radius 2 is 1.38 bits per heavy atom. The Hall–Kier alpha value is -3.05. The average Bonchev–Trinajstić information content (AvgIpc) is 3.25. The molecule has 0 saturated carbocycles. The van der Waals surface area contributed by atoms with Gasteiger partial charge in [0.05, 0.1) is 5.69 Å². The first-order valence-electron chi connectivity index (χ1n) is 11.9. The zero-order valence-electron chi connectivity index (χ0n) is 19.8. The Morgan fingerprint density at radius 1 is 0.811 bits per heavy atom. The van der Waals surface area contributed by atoms with Crippen LogP contribution in [0.4, 0.5) is 41.2 Å². The van der Waals surface area contributed by atoms with Gasteiger partial charge in [-0.15, -0.1) is 0 Å². The summed E-state index contributed by atoms with van der Waals surface area (Å²) in [6.07, 6.45) is -14.0. The van der Waals surface area contributed by atoms with E-state index in [0.717, 1.165) is 10.8 Å². The molecule has 2 aromatic rings. The highest BCUT2D eigenvalue weighted by Gasteiger charge is 2.72. The summed E-state index contributed by atoms with van der Waals surface area (Å²) in [5.74, 6) is -0.941. The number of fused-ring (bicyclic) bond motifs is 1. The number of amides is 3. The van der Waals surface area contributed by atoms with Crippen molar-refractivity contribution in [3.8, 4) is 0 Å². The van der Waals surface area contributed by atoms with Crippen molar-refractivity contribution in [1.82, 2.24) is 9.80 Å². The number of nitrogens with one attached hydrogen (secondary N) is 1. The molecule has 2 aromatic carbocycles. The number of likely N-dealkylation sites (tertiary alicyclic amines) is 2. The van der Waals surface area contributed by atoms with E-state index in [-0.39, 0.29) is 24.5 Å². The zero-order chi connectivity index (χ0) is 27.1. The first kappa shape index (κ1) is 27.0. The molecule has 4 rings (SSSR count). The van der Waals surface area contributed by atoms with E-state index < -0.39 is 36.8 Å². The predicted octanol–water partition coefficient (Wildman–Crippen LogP) is 6.30. The summed E-state index contributed by atoms with van der Waals surface area (Å²) in [5, 5.41) is 4.79. The maximum atomic E-state index is 13.9. The summed E-state index contributed by atoms with van der Waals surface area (Å²) in [6, 6.07) is 12.9. The van der Waals surface area contributed by atoms with Gasteiger partial charge in [0.2, 0.25) is 5.91 Å². The van der Waals surface area contributed by atoms with Crippen LogP contribution in [0.25, 0.3) is 10.8 Å². The molecule has 0 radical (unpaired) electrons. The van der Waals surface area contributed by atoms with Gasteiger partial charge in [-0.2, -0.15) is 26.3 Å². The van der Waals surface area contributed by atoms with Crippen molar-refractivity contribution >= 4 is 28.4 Å².